The van der Waals surface area contributed by atoms with Crippen LogP contribution in [0.3, 0.4) is 0 Å². The third kappa shape index (κ3) is 5.30. The van der Waals surface area contributed by atoms with Crippen LogP contribution in [0.4, 0.5) is 0 Å². The predicted molar refractivity (Wildman–Crippen MR) is 82.8 cm³/mol. The molecule has 1 fully saturated rings. The van der Waals surface area contributed by atoms with Crippen LogP contribution in [0.2, 0.25) is 0 Å². The van der Waals surface area contributed by atoms with Gasteiger partial charge in [0.2, 0.25) is 5.91 Å². The number of amides is 1. The smallest absolute Gasteiger partial charge is 0.329 e. The number of rotatable bonds is 7. The van der Waals surface area contributed by atoms with Gasteiger partial charge in [0.25, 0.3) is 0 Å². The maximum atomic E-state index is 12.2. The summed E-state index contributed by atoms with van der Waals surface area (Å²) in [6, 6.07) is 0. The van der Waals surface area contributed by atoms with Crippen molar-refractivity contribution in [2.45, 2.75) is 64.8 Å². The molecular formula is C16H30N2O3. The van der Waals surface area contributed by atoms with Gasteiger partial charge in [-0.1, -0.05) is 20.8 Å². The molecule has 1 aliphatic rings. The Labute approximate surface area is 127 Å². The Bertz CT molecular complexity index is 361. The molecule has 5 nitrogen and oxygen atoms in total. The molecule has 1 unspecified atom stereocenters. The highest BCUT2D eigenvalue weighted by atomic mass is 16.4. The van der Waals surface area contributed by atoms with E-state index in [2.05, 4.69) is 26.1 Å². The maximum absolute atomic E-state index is 12.2. The lowest BCUT2D eigenvalue weighted by Gasteiger charge is -2.36. The first-order valence-electron chi connectivity index (χ1n) is 8.03. The summed E-state index contributed by atoms with van der Waals surface area (Å²) in [5, 5.41) is 12.3. The molecule has 1 atom stereocenters. The quantitative estimate of drug-likeness (QED) is 0.671. The van der Waals surface area contributed by atoms with Crippen molar-refractivity contribution in [1.29, 1.82) is 0 Å². The van der Waals surface area contributed by atoms with Gasteiger partial charge in [0, 0.05) is 6.42 Å². The van der Waals surface area contributed by atoms with Gasteiger partial charge in [0.1, 0.15) is 5.54 Å². The molecule has 0 saturated heterocycles. The standard InChI is InChI=1S/C16H30N2O3/c1-11(2)8-13(10-17)9-14(19)18-16(15(20)21)6-4-12(3)5-7-16/h11-13H,4-10,17H2,1-3H3,(H,18,19)(H,20,21). The highest BCUT2D eigenvalue weighted by Gasteiger charge is 2.42. The molecule has 4 N–H and O–H groups in total. The van der Waals surface area contributed by atoms with Gasteiger partial charge in [-0.15, -0.1) is 0 Å². The molecule has 5 heteroatoms. The summed E-state index contributed by atoms with van der Waals surface area (Å²) in [5.74, 6) is 0.0553. The molecule has 0 aliphatic heterocycles. The highest BCUT2D eigenvalue weighted by molar-refractivity contribution is 5.87. The molecule has 0 aromatic heterocycles. The fourth-order valence-electron chi connectivity index (χ4n) is 3.16. The van der Waals surface area contributed by atoms with Crippen molar-refractivity contribution in [2.75, 3.05) is 6.54 Å². The second kappa shape index (κ2) is 7.78. The number of carboxylic acids is 1. The van der Waals surface area contributed by atoms with Crippen LogP contribution in [0.5, 0.6) is 0 Å². The van der Waals surface area contributed by atoms with Gasteiger partial charge in [-0.05, 0) is 56.4 Å². The van der Waals surface area contributed by atoms with Crippen LogP contribution >= 0.6 is 0 Å². The second-order valence-corrected chi connectivity index (χ2v) is 7.05. The number of nitrogens with two attached hydrogens (primary N) is 1. The average Bonchev–Trinajstić information content (AvgIpc) is 2.40. The molecular weight excluding hydrogens is 268 g/mol. The van der Waals surface area contributed by atoms with Gasteiger partial charge in [-0.25, -0.2) is 4.79 Å². The van der Waals surface area contributed by atoms with E-state index in [9.17, 15) is 14.7 Å². The van der Waals surface area contributed by atoms with Crippen LogP contribution in [0, 0.1) is 17.8 Å². The number of carboxylic acid groups (broad SMARTS) is 1. The van der Waals surface area contributed by atoms with E-state index in [0.29, 0.717) is 37.6 Å². The number of hydrogen-bond donors (Lipinski definition) is 3. The van der Waals surface area contributed by atoms with E-state index in [-0.39, 0.29) is 11.8 Å². The first-order chi connectivity index (χ1) is 9.79. The Kier molecular flexibility index (Phi) is 6.65. The van der Waals surface area contributed by atoms with Crippen molar-refractivity contribution < 1.29 is 14.7 Å². The van der Waals surface area contributed by atoms with E-state index in [4.69, 9.17) is 5.73 Å². The van der Waals surface area contributed by atoms with E-state index < -0.39 is 11.5 Å². The molecule has 1 aliphatic carbocycles. The summed E-state index contributed by atoms with van der Waals surface area (Å²) in [6.45, 7) is 6.78. The maximum Gasteiger partial charge on any atom is 0.329 e. The van der Waals surface area contributed by atoms with Crippen molar-refractivity contribution in [2.24, 2.45) is 23.5 Å². The van der Waals surface area contributed by atoms with Crippen LogP contribution in [-0.2, 0) is 9.59 Å². The van der Waals surface area contributed by atoms with E-state index in [1.165, 1.54) is 0 Å². The largest absolute Gasteiger partial charge is 0.480 e. The summed E-state index contributed by atoms with van der Waals surface area (Å²) in [4.78, 5) is 23.8. The van der Waals surface area contributed by atoms with Crippen molar-refractivity contribution in [1.82, 2.24) is 5.32 Å². The molecule has 1 rings (SSSR count). The zero-order valence-electron chi connectivity index (χ0n) is 13.5. The summed E-state index contributed by atoms with van der Waals surface area (Å²) in [6.07, 6.45) is 3.94. The first kappa shape index (κ1) is 18.0. The molecule has 0 spiro atoms. The molecule has 1 amide bonds. The number of aliphatic carboxylic acids is 1. The Morgan fingerprint density at radius 2 is 1.90 bits per heavy atom. The zero-order chi connectivity index (χ0) is 16.0. The summed E-state index contributed by atoms with van der Waals surface area (Å²) >= 11 is 0. The van der Waals surface area contributed by atoms with Gasteiger partial charge in [-0.2, -0.15) is 0 Å². The van der Waals surface area contributed by atoms with Gasteiger partial charge in [0.15, 0.2) is 0 Å². The normalized spacial score (nSPS) is 27.4. The molecule has 0 heterocycles. The SMILES string of the molecule is CC(C)CC(CN)CC(=O)NC1(C(=O)O)CCC(C)CC1. The molecule has 0 radical (unpaired) electrons. The van der Waals surface area contributed by atoms with Gasteiger partial charge >= 0.3 is 5.97 Å². The van der Waals surface area contributed by atoms with Crippen molar-refractivity contribution in [3.05, 3.63) is 0 Å². The van der Waals surface area contributed by atoms with E-state index in [1.54, 1.807) is 0 Å². The second-order valence-electron chi connectivity index (χ2n) is 7.05. The minimum Gasteiger partial charge on any atom is -0.480 e. The molecule has 21 heavy (non-hydrogen) atoms. The lowest BCUT2D eigenvalue weighted by molar-refractivity contribution is -0.149. The third-order valence-electron chi connectivity index (χ3n) is 4.53. The van der Waals surface area contributed by atoms with Crippen molar-refractivity contribution in [3.63, 3.8) is 0 Å². The first-order valence-corrected chi connectivity index (χ1v) is 8.03. The van der Waals surface area contributed by atoms with Gasteiger partial charge in [0.05, 0.1) is 0 Å². The van der Waals surface area contributed by atoms with E-state index in [1.807, 2.05) is 0 Å². The minimum atomic E-state index is -1.07. The van der Waals surface area contributed by atoms with Crippen LogP contribution in [0.1, 0.15) is 59.3 Å². The van der Waals surface area contributed by atoms with E-state index >= 15 is 0 Å². The van der Waals surface area contributed by atoms with Gasteiger partial charge in [-0.3, -0.25) is 4.79 Å². The van der Waals surface area contributed by atoms with Crippen LogP contribution < -0.4 is 11.1 Å². The topological polar surface area (TPSA) is 92.4 Å². The summed E-state index contributed by atoms with van der Waals surface area (Å²) in [5.41, 5.74) is 4.65. The number of carbonyl (C=O) groups is 2. The highest BCUT2D eigenvalue weighted by Crippen LogP contribution is 2.32. The molecule has 122 valence electrons. The van der Waals surface area contributed by atoms with Crippen molar-refractivity contribution in [3.8, 4) is 0 Å². The Morgan fingerprint density at radius 3 is 2.33 bits per heavy atom. The zero-order valence-corrected chi connectivity index (χ0v) is 13.5. The lowest BCUT2D eigenvalue weighted by Crippen LogP contribution is -2.56. The molecule has 1 saturated carbocycles. The lowest BCUT2D eigenvalue weighted by atomic mass is 9.77. The monoisotopic (exact) mass is 298 g/mol. The molecule has 0 aromatic rings. The summed E-state index contributed by atoms with van der Waals surface area (Å²) in [7, 11) is 0. The molecule has 0 bridgehead atoms. The fraction of sp³-hybridized carbons (Fsp3) is 0.875. The van der Waals surface area contributed by atoms with Crippen molar-refractivity contribution >= 4 is 11.9 Å². The number of hydrogen-bond acceptors (Lipinski definition) is 3. The van der Waals surface area contributed by atoms with E-state index in [0.717, 1.165) is 19.3 Å². The Morgan fingerprint density at radius 1 is 1.33 bits per heavy atom. The minimum absolute atomic E-state index is 0.123. The van der Waals surface area contributed by atoms with Crippen LogP contribution in [0.25, 0.3) is 0 Å². The number of carbonyl (C=O) groups excluding carboxylic acids is 1. The Balaban J connectivity index is 2.63. The summed E-state index contributed by atoms with van der Waals surface area (Å²) < 4.78 is 0. The fourth-order valence-corrected chi connectivity index (χ4v) is 3.16. The third-order valence-corrected chi connectivity index (χ3v) is 4.53. The molecule has 0 aromatic carbocycles. The number of nitrogens with one attached hydrogen (secondary N) is 1. The Hall–Kier alpha value is -1.10. The van der Waals surface area contributed by atoms with Crippen LogP contribution in [-0.4, -0.2) is 29.1 Å². The average molecular weight is 298 g/mol. The van der Waals surface area contributed by atoms with Crippen LogP contribution in [0.15, 0.2) is 0 Å². The van der Waals surface area contributed by atoms with Gasteiger partial charge < -0.3 is 16.2 Å². The predicted octanol–water partition coefficient (Wildman–Crippen LogP) is 2.15.